The minimum Gasteiger partial charge on any atom is -0.346 e. The molecule has 5 amide bonds. The second kappa shape index (κ2) is 14.2. The number of amides is 5. The van der Waals surface area contributed by atoms with Crippen molar-refractivity contribution in [1.29, 1.82) is 0 Å². The van der Waals surface area contributed by atoms with Gasteiger partial charge in [0.15, 0.2) is 0 Å². The number of likely N-dealkylation sites (tertiary alicyclic amines) is 1. The largest absolute Gasteiger partial charge is 0.346 e. The minimum atomic E-state index is -3.38. The van der Waals surface area contributed by atoms with Crippen molar-refractivity contribution in [3.63, 3.8) is 0 Å². The third kappa shape index (κ3) is 8.84. The number of sulfonamides is 1. The molecule has 1 saturated carbocycles. The van der Waals surface area contributed by atoms with E-state index in [1.165, 1.54) is 22.2 Å². The van der Waals surface area contributed by atoms with Gasteiger partial charge in [-0.15, -0.1) is 6.58 Å². The van der Waals surface area contributed by atoms with Gasteiger partial charge in [0.05, 0.1) is 11.8 Å². The van der Waals surface area contributed by atoms with Crippen LogP contribution < -0.4 is 21.3 Å². The van der Waals surface area contributed by atoms with Gasteiger partial charge in [0.1, 0.15) is 12.1 Å². The number of carbonyl (C=O) groups excluding carboxylic acids is 5. The predicted molar refractivity (Wildman–Crippen MR) is 170 cm³/mol. The van der Waals surface area contributed by atoms with Gasteiger partial charge in [-0.2, -0.15) is 4.31 Å². The summed E-state index contributed by atoms with van der Waals surface area (Å²) in [6, 6.07) is -4.10. The Kier molecular flexibility index (Phi) is 11.5. The maximum atomic E-state index is 14.2. The first-order valence-electron chi connectivity index (χ1n) is 15.9. The highest BCUT2D eigenvalue weighted by Gasteiger charge is 2.52. The van der Waals surface area contributed by atoms with E-state index in [1.807, 2.05) is 41.5 Å². The number of fused-ring (bicyclic) bond motifs is 1. The number of hydrogen-bond acceptors (Lipinski definition) is 7. The van der Waals surface area contributed by atoms with Crippen molar-refractivity contribution in [2.24, 2.45) is 22.7 Å². The Bertz CT molecular complexity index is 1270. The SMILES string of the molecule is C=CCNC(=O)C(=O)C(C)NC(=O)[C@@H]1[C@H]2CCC[C@H]2CN1C(=O)[C@@H](NC(=O)N[C@H](CN1CCCS1(=O)=O)C(C)(C)C)C(C)(C)C. The lowest BCUT2D eigenvalue weighted by molar-refractivity contribution is -0.144. The zero-order valence-electron chi connectivity index (χ0n) is 27.8. The summed E-state index contributed by atoms with van der Waals surface area (Å²) >= 11 is 0. The molecule has 0 aromatic rings. The molecular weight excluding hydrogens is 600 g/mol. The fraction of sp³-hybridized carbons (Fsp3) is 0.774. The monoisotopic (exact) mass is 652 g/mol. The number of urea groups is 1. The zero-order chi connectivity index (χ0) is 33.9. The van der Waals surface area contributed by atoms with Gasteiger partial charge in [0.2, 0.25) is 27.6 Å². The molecule has 0 aromatic heterocycles. The molecule has 0 aromatic carbocycles. The zero-order valence-corrected chi connectivity index (χ0v) is 28.6. The molecule has 2 saturated heterocycles. The van der Waals surface area contributed by atoms with Gasteiger partial charge in [0.25, 0.3) is 5.91 Å². The topological polar surface area (TPSA) is 174 Å². The van der Waals surface area contributed by atoms with Crippen molar-refractivity contribution in [3.05, 3.63) is 12.7 Å². The maximum absolute atomic E-state index is 14.2. The van der Waals surface area contributed by atoms with Gasteiger partial charge >= 0.3 is 6.03 Å². The van der Waals surface area contributed by atoms with E-state index in [1.54, 1.807) is 0 Å². The van der Waals surface area contributed by atoms with Crippen molar-refractivity contribution >= 4 is 39.6 Å². The second-order valence-corrected chi connectivity index (χ2v) is 16.8. The lowest BCUT2D eigenvalue weighted by atomic mass is 9.85. The van der Waals surface area contributed by atoms with Crippen LogP contribution in [0.3, 0.4) is 0 Å². The summed E-state index contributed by atoms with van der Waals surface area (Å²) < 4.78 is 26.4. The molecule has 6 atom stereocenters. The van der Waals surface area contributed by atoms with Crippen LogP contribution in [-0.2, 0) is 29.2 Å². The molecule has 45 heavy (non-hydrogen) atoms. The number of rotatable bonds is 11. The van der Waals surface area contributed by atoms with Gasteiger partial charge in [-0.25, -0.2) is 13.2 Å². The van der Waals surface area contributed by atoms with Crippen molar-refractivity contribution in [3.8, 4) is 0 Å². The highest BCUT2D eigenvalue weighted by atomic mass is 32.2. The van der Waals surface area contributed by atoms with E-state index in [4.69, 9.17) is 0 Å². The van der Waals surface area contributed by atoms with Gasteiger partial charge in [0, 0.05) is 32.2 Å². The Morgan fingerprint density at radius 3 is 2.18 bits per heavy atom. The molecule has 0 spiro atoms. The molecule has 2 aliphatic heterocycles. The molecule has 1 aliphatic carbocycles. The number of carbonyl (C=O) groups is 5. The Labute approximate surface area is 267 Å². The van der Waals surface area contributed by atoms with E-state index >= 15 is 0 Å². The molecule has 3 rings (SSSR count). The van der Waals surface area contributed by atoms with E-state index in [2.05, 4.69) is 27.8 Å². The summed E-state index contributed by atoms with van der Waals surface area (Å²) in [6.07, 6.45) is 4.50. The van der Waals surface area contributed by atoms with Gasteiger partial charge in [-0.05, 0) is 48.9 Å². The fourth-order valence-corrected chi connectivity index (χ4v) is 8.00. The predicted octanol–water partition coefficient (Wildman–Crippen LogP) is 1.15. The highest BCUT2D eigenvalue weighted by molar-refractivity contribution is 7.89. The summed E-state index contributed by atoms with van der Waals surface area (Å²) in [5, 5.41) is 10.8. The van der Waals surface area contributed by atoms with Gasteiger partial charge in [-0.1, -0.05) is 54.0 Å². The molecule has 4 N–H and O–H groups in total. The Balaban J connectivity index is 1.78. The molecular formula is C31H52N6O7S. The van der Waals surface area contributed by atoms with E-state index in [-0.39, 0.29) is 30.7 Å². The third-order valence-corrected chi connectivity index (χ3v) is 11.1. The van der Waals surface area contributed by atoms with Crippen molar-refractivity contribution < 1.29 is 32.4 Å². The van der Waals surface area contributed by atoms with Crippen LogP contribution in [0.2, 0.25) is 0 Å². The third-order valence-electron chi connectivity index (χ3n) is 9.15. The van der Waals surface area contributed by atoms with Crippen molar-refractivity contribution in [1.82, 2.24) is 30.5 Å². The van der Waals surface area contributed by atoms with Crippen LogP contribution in [0, 0.1) is 22.7 Å². The molecule has 3 fully saturated rings. The van der Waals surface area contributed by atoms with Crippen LogP contribution in [0.5, 0.6) is 0 Å². The molecule has 13 nitrogen and oxygen atoms in total. The van der Waals surface area contributed by atoms with Crippen molar-refractivity contribution in [2.45, 2.75) is 98.3 Å². The minimum absolute atomic E-state index is 0.0820. The molecule has 1 unspecified atom stereocenters. The summed E-state index contributed by atoms with van der Waals surface area (Å²) in [6.45, 7) is 17.1. The average molecular weight is 653 g/mol. The number of hydrogen-bond donors (Lipinski definition) is 4. The summed E-state index contributed by atoms with van der Waals surface area (Å²) in [7, 11) is -3.38. The highest BCUT2D eigenvalue weighted by Crippen LogP contribution is 2.43. The van der Waals surface area contributed by atoms with Crippen LogP contribution in [-0.4, -0.2) is 103 Å². The summed E-state index contributed by atoms with van der Waals surface area (Å²) in [5.41, 5.74) is -1.22. The first kappa shape index (κ1) is 36.5. The molecule has 3 aliphatic rings. The smallest absolute Gasteiger partial charge is 0.315 e. The van der Waals surface area contributed by atoms with E-state index in [0.29, 0.717) is 19.5 Å². The summed E-state index contributed by atoms with van der Waals surface area (Å²) in [5.74, 6) is -2.47. The molecule has 14 heteroatoms. The lowest BCUT2D eigenvalue weighted by Crippen LogP contribution is -2.62. The first-order chi connectivity index (χ1) is 20.8. The Morgan fingerprint density at radius 1 is 0.956 bits per heavy atom. The van der Waals surface area contributed by atoms with Crippen molar-refractivity contribution in [2.75, 3.05) is 31.9 Å². The number of Topliss-reactive ketones (excluding diaryl/α,β-unsaturated/α-hetero) is 1. The fourth-order valence-electron chi connectivity index (χ4n) is 6.46. The maximum Gasteiger partial charge on any atom is 0.315 e. The molecule has 254 valence electrons. The van der Waals surface area contributed by atoms with E-state index in [0.717, 1.165) is 19.3 Å². The van der Waals surface area contributed by atoms with Crippen LogP contribution >= 0.6 is 0 Å². The lowest BCUT2D eigenvalue weighted by Gasteiger charge is -2.38. The van der Waals surface area contributed by atoms with Crippen LogP contribution in [0.1, 0.15) is 74.1 Å². The average Bonchev–Trinajstić information content (AvgIpc) is 3.62. The summed E-state index contributed by atoms with van der Waals surface area (Å²) in [4.78, 5) is 67.6. The van der Waals surface area contributed by atoms with Gasteiger partial charge < -0.3 is 26.2 Å². The normalized spacial score (nSPS) is 25.0. The Morgan fingerprint density at radius 2 is 1.62 bits per heavy atom. The van der Waals surface area contributed by atoms with Crippen LogP contribution in [0.4, 0.5) is 4.79 Å². The van der Waals surface area contributed by atoms with Crippen LogP contribution in [0.25, 0.3) is 0 Å². The van der Waals surface area contributed by atoms with Gasteiger partial charge in [-0.3, -0.25) is 19.2 Å². The number of nitrogens with one attached hydrogen (secondary N) is 4. The second-order valence-electron chi connectivity index (χ2n) is 14.7. The first-order valence-corrected chi connectivity index (χ1v) is 17.5. The molecule has 0 bridgehead atoms. The molecule has 0 radical (unpaired) electrons. The number of nitrogens with zero attached hydrogens (tertiary/aromatic N) is 2. The standard InChI is InChI=1S/C31H52N6O7S/c1-9-14-32-27(40)24(38)19(2)33-26(39)23-21-13-10-12-20(21)17-37(23)28(41)25(31(6,7)8)35-29(42)34-22(30(3,4)5)18-36-15-11-16-45(36,43)44/h9,19-23,25H,1,10-18H2,2-8H3,(H,32,40)(H,33,39)(H2,34,35,42)/t19?,20-,21-,22+,23-,25+/m0/s1. The Hall–Kier alpha value is -3.00. The van der Waals surface area contributed by atoms with E-state index in [9.17, 15) is 32.4 Å². The molecule has 2 heterocycles. The number of ketones is 1. The quantitative estimate of drug-likeness (QED) is 0.191. The van der Waals surface area contributed by atoms with E-state index < -0.39 is 74.6 Å². The van der Waals surface area contributed by atoms with Crippen LogP contribution in [0.15, 0.2) is 12.7 Å².